The molecule has 0 bridgehead atoms. The molecule has 6 heteroatoms. The van der Waals surface area contributed by atoms with Crippen LogP contribution in [0.15, 0.2) is 98.1 Å². The third-order valence-corrected chi connectivity index (χ3v) is 4.73. The van der Waals surface area contributed by atoms with Crippen molar-refractivity contribution in [2.24, 2.45) is 0 Å². The molecule has 0 aliphatic heterocycles. The molecule has 4 aromatic heterocycles. The lowest BCUT2D eigenvalue weighted by molar-refractivity contribution is 1.16. The number of hydrogen-bond acceptors (Lipinski definition) is 6. The van der Waals surface area contributed by atoms with Gasteiger partial charge in [-0.25, -0.2) is 19.9 Å². The van der Waals surface area contributed by atoms with Crippen molar-refractivity contribution in [1.29, 1.82) is 0 Å². The van der Waals surface area contributed by atoms with E-state index in [-0.39, 0.29) is 0 Å². The molecule has 6 nitrogen and oxygen atoms in total. The normalized spacial score (nSPS) is 10.7. The highest BCUT2D eigenvalue weighted by Gasteiger charge is 2.10. The molecule has 142 valence electrons. The maximum Gasteiger partial charge on any atom is 0.159 e. The van der Waals surface area contributed by atoms with Crippen LogP contribution < -0.4 is 0 Å². The van der Waals surface area contributed by atoms with Crippen LogP contribution >= 0.6 is 0 Å². The molecule has 0 saturated heterocycles. The third kappa shape index (κ3) is 3.54. The predicted molar refractivity (Wildman–Crippen MR) is 115 cm³/mol. The smallest absolute Gasteiger partial charge is 0.159 e. The van der Waals surface area contributed by atoms with Gasteiger partial charge in [-0.05, 0) is 35.4 Å². The summed E-state index contributed by atoms with van der Waals surface area (Å²) < 4.78 is 0. The van der Waals surface area contributed by atoms with E-state index in [1.54, 1.807) is 24.8 Å². The van der Waals surface area contributed by atoms with E-state index in [2.05, 4.69) is 42.0 Å². The van der Waals surface area contributed by atoms with Gasteiger partial charge >= 0.3 is 0 Å². The van der Waals surface area contributed by atoms with Gasteiger partial charge in [0.2, 0.25) is 0 Å². The summed E-state index contributed by atoms with van der Waals surface area (Å²) in [5.41, 5.74) is 5.79. The van der Waals surface area contributed by atoms with Gasteiger partial charge in [0.05, 0.1) is 0 Å². The lowest BCUT2D eigenvalue weighted by Gasteiger charge is -2.10. The molecular formula is C24H16N6. The van der Waals surface area contributed by atoms with E-state index in [1.165, 1.54) is 0 Å². The maximum absolute atomic E-state index is 4.54. The predicted octanol–water partition coefficient (Wildman–Crippen LogP) is 4.72. The lowest BCUT2D eigenvalue weighted by atomic mass is 9.98. The Balaban J connectivity index is 1.49. The molecule has 0 aliphatic rings. The molecular weight excluding hydrogens is 372 g/mol. The van der Waals surface area contributed by atoms with Gasteiger partial charge in [-0.1, -0.05) is 24.3 Å². The minimum absolute atomic E-state index is 0.670. The summed E-state index contributed by atoms with van der Waals surface area (Å²) in [5, 5.41) is 0. The molecule has 0 fully saturated rings. The zero-order valence-corrected chi connectivity index (χ0v) is 15.9. The number of aromatic nitrogens is 6. The first-order valence-electron chi connectivity index (χ1n) is 9.43. The Hall–Kier alpha value is -4.32. The van der Waals surface area contributed by atoms with Crippen LogP contribution in [0.3, 0.4) is 0 Å². The first-order chi connectivity index (χ1) is 14.9. The van der Waals surface area contributed by atoms with E-state index < -0.39 is 0 Å². The lowest BCUT2D eigenvalue weighted by Crippen LogP contribution is -1.93. The van der Waals surface area contributed by atoms with Gasteiger partial charge in [-0.2, -0.15) is 0 Å². The van der Waals surface area contributed by atoms with Crippen molar-refractivity contribution >= 4 is 0 Å². The largest absolute Gasteiger partial charge is 0.265 e. The van der Waals surface area contributed by atoms with Crippen molar-refractivity contribution < 1.29 is 0 Å². The molecule has 0 amide bonds. The van der Waals surface area contributed by atoms with Crippen molar-refractivity contribution in [1.82, 2.24) is 29.9 Å². The molecule has 0 spiro atoms. The van der Waals surface area contributed by atoms with E-state index >= 15 is 0 Å². The Morgan fingerprint density at radius 2 is 0.767 bits per heavy atom. The van der Waals surface area contributed by atoms with Gasteiger partial charge in [-0.15, -0.1) is 0 Å². The SMILES string of the molecule is c1ccc(-c2cnc(-c3ccncc3)nc2)c(-c2cnc(-c3ccncc3)nc2)c1. The highest BCUT2D eigenvalue weighted by molar-refractivity contribution is 5.82. The van der Waals surface area contributed by atoms with Crippen LogP contribution in [0.2, 0.25) is 0 Å². The fourth-order valence-corrected chi connectivity index (χ4v) is 3.22. The first-order valence-corrected chi connectivity index (χ1v) is 9.43. The third-order valence-electron chi connectivity index (χ3n) is 4.73. The van der Waals surface area contributed by atoms with Crippen LogP contribution in [0.5, 0.6) is 0 Å². The number of hydrogen-bond donors (Lipinski definition) is 0. The van der Waals surface area contributed by atoms with Gasteiger partial charge in [0.1, 0.15) is 0 Å². The second-order valence-electron chi connectivity index (χ2n) is 6.61. The summed E-state index contributed by atoms with van der Waals surface area (Å²) in [5.74, 6) is 1.34. The molecule has 0 aliphatic carbocycles. The van der Waals surface area contributed by atoms with E-state index in [0.717, 1.165) is 33.4 Å². The number of pyridine rings is 2. The average molecular weight is 388 g/mol. The van der Waals surface area contributed by atoms with E-state index in [9.17, 15) is 0 Å². The van der Waals surface area contributed by atoms with Crippen molar-refractivity contribution in [3.63, 3.8) is 0 Å². The summed E-state index contributed by atoms with van der Waals surface area (Å²) in [6.07, 6.45) is 14.3. The second kappa shape index (κ2) is 7.97. The molecule has 0 unspecified atom stereocenters. The standard InChI is InChI=1S/C24H16N6/c1-2-4-22(20-15-29-24(30-16-20)18-7-11-26-12-8-18)21(3-1)19-13-27-23(28-14-19)17-5-9-25-10-6-17/h1-16H. The average Bonchev–Trinajstić information content (AvgIpc) is 2.85. The molecule has 0 atom stereocenters. The van der Waals surface area contributed by atoms with Gasteiger partial charge in [0.15, 0.2) is 11.6 Å². The molecule has 0 N–H and O–H groups in total. The number of nitrogens with zero attached hydrogens (tertiary/aromatic N) is 6. The fourth-order valence-electron chi connectivity index (χ4n) is 3.22. The Labute approximate surface area is 173 Å². The number of rotatable bonds is 4. The Kier molecular flexibility index (Phi) is 4.72. The van der Waals surface area contributed by atoms with Crippen molar-refractivity contribution in [2.45, 2.75) is 0 Å². The highest BCUT2D eigenvalue weighted by Crippen LogP contribution is 2.31. The monoisotopic (exact) mass is 388 g/mol. The van der Waals surface area contributed by atoms with Crippen LogP contribution in [-0.4, -0.2) is 29.9 Å². The van der Waals surface area contributed by atoms with Crippen molar-refractivity contribution in [2.75, 3.05) is 0 Å². The Morgan fingerprint density at radius 3 is 1.13 bits per heavy atom. The van der Waals surface area contributed by atoms with Crippen LogP contribution in [0.1, 0.15) is 0 Å². The van der Waals surface area contributed by atoms with E-state index in [1.807, 2.05) is 61.2 Å². The summed E-state index contributed by atoms with van der Waals surface area (Å²) in [7, 11) is 0. The van der Waals surface area contributed by atoms with Gasteiger partial charge in [-0.3, -0.25) is 9.97 Å². The molecule has 30 heavy (non-hydrogen) atoms. The van der Waals surface area contributed by atoms with E-state index in [0.29, 0.717) is 11.6 Å². The molecule has 5 aromatic rings. The zero-order valence-electron chi connectivity index (χ0n) is 15.9. The topological polar surface area (TPSA) is 77.3 Å². The summed E-state index contributed by atoms with van der Waals surface area (Å²) in [4.78, 5) is 26.2. The summed E-state index contributed by atoms with van der Waals surface area (Å²) >= 11 is 0. The van der Waals surface area contributed by atoms with Crippen LogP contribution in [0.4, 0.5) is 0 Å². The van der Waals surface area contributed by atoms with Crippen LogP contribution in [-0.2, 0) is 0 Å². The zero-order chi connectivity index (χ0) is 20.2. The Morgan fingerprint density at radius 1 is 0.400 bits per heavy atom. The molecule has 0 radical (unpaired) electrons. The fraction of sp³-hybridized carbons (Fsp3) is 0. The van der Waals surface area contributed by atoms with E-state index in [4.69, 9.17) is 0 Å². The minimum Gasteiger partial charge on any atom is -0.265 e. The molecule has 5 rings (SSSR count). The van der Waals surface area contributed by atoms with Gasteiger partial charge in [0, 0.05) is 71.8 Å². The van der Waals surface area contributed by atoms with Crippen molar-refractivity contribution in [3.05, 3.63) is 98.1 Å². The maximum atomic E-state index is 4.54. The highest BCUT2D eigenvalue weighted by atomic mass is 14.9. The molecule has 0 saturated carbocycles. The Bertz CT molecular complexity index is 1150. The second-order valence-corrected chi connectivity index (χ2v) is 6.61. The summed E-state index contributed by atoms with van der Waals surface area (Å²) in [6, 6.07) is 15.7. The van der Waals surface area contributed by atoms with Gasteiger partial charge in [0.25, 0.3) is 0 Å². The minimum atomic E-state index is 0.670. The first kappa shape index (κ1) is 17.8. The van der Waals surface area contributed by atoms with Crippen LogP contribution in [0, 0.1) is 0 Å². The van der Waals surface area contributed by atoms with Gasteiger partial charge < -0.3 is 0 Å². The quantitative estimate of drug-likeness (QED) is 0.443. The van der Waals surface area contributed by atoms with Crippen LogP contribution in [0.25, 0.3) is 45.0 Å². The molecule has 1 aromatic carbocycles. The number of benzene rings is 1. The molecule has 4 heterocycles. The van der Waals surface area contributed by atoms with Crippen molar-refractivity contribution in [3.8, 4) is 45.0 Å². The summed E-state index contributed by atoms with van der Waals surface area (Å²) in [6.45, 7) is 0.